The van der Waals surface area contributed by atoms with E-state index in [2.05, 4.69) is 112 Å². The van der Waals surface area contributed by atoms with Gasteiger partial charge in [-0.3, -0.25) is 58.1 Å². The van der Waals surface area contributed by atoms with Crippen molar-refractivity contribution in [2.24, 2.45) is 60.3 Å². The molecule has 5 N–H and O–H groups in total. The van der Waals surface area contributed by atoms with Crippen LogP contribution in [0, 0.1) is 59.2 Å². The summed E-state index contributed by atoms with van der Waals surface area (Å²) in [7, 11) is 6.55. The highest BCUT2D eigenvalue weighted by Gasteiger charge is 2.67. The maximum absolute atomic E-state index is 15.1. The van der Waals surface area contributed by atoms with E-state index in [-0.39, 0.29) is 94.8 Å². The molecule has 2 amide bonds. The normalized spacial score (nSPS) is 23.4. The van der Waals surface area contributed by atoms with Crippen molar-refractivity contribution in [3.05, 3.63) is 117 Å². The molecule has 16 bridgehead atoms. The van der Waals surface area contributed by atoms with Crippen LogP contribution in [0.2, 0.25) is 25.7 Å². The Balaban J connectivity index is 0.850. The number of esters is 7. The number of fused-ring (bicyclic) bond motifs is 14. The number of aromatic amines is 2. The number of aliphatic imine (C=N–C) groups is 3. The van der Waals surface area contributed by atoms with Crippen LogP contribution in [-0.4, -0.2) is 173 Å². The fourth-order valence-electron chi connectivity index (χ4n) is 20.5. The van der Waals surface area contributed by atoms with E-state index in [4.69, 9.17) is 58.1 Å². The van der Waals surface area contributed by atoms with Gasteiger partial charge in [0.1, 0.15) is 0 Å². The number of hydrogen-bond acceptors (Lipinski definition) is 22. The van der Waals surface area contributed by atoms with Crippen molar-refractivity contribution in [1.82, 2.24) is 35.9 Å². The monoisotopic (exact) mass is 1760 g/mol. The first-order valence-electron chi connectivity index (χ1n) is 45.3. The first-order chi connectivity index (χ1) is 60.1. The third kappa shape index (κ3) is 21.6. The minimum Gasteiger partial charge on any atom is -0.469 e. The van der Waals surface area contributed by atoms with Crippen molar-refractivity contribution >= 4 is 135 Å². The Morgan fingerprint density at radius 2 is 1.00 bits per heavy atom. The number of allylic oxidation sites excluding steroid dienone is 10. The van der Waals surface area contributed by atoms with Gasteiger partial charge in [0.25, 0.3) is 0 Å². The molecular weight excluding hydrogens is 1630 g/mol. The number of nitrogens with one attached hydrogen (secondary N) is 5. The average Bonchev–Trinajstić information content (AvgIpc) is 1.52. The van der Waals surface area contributed by atoms with E-state index in [1.165, 1.54) is 42.7 Å². The van der Waals surface area contributed by atoms with Crippen LogP contribution in [-0.2, 0) is 76.3 Å². The van der Waals surface area contributed by atoms with Crippen molar-refractivity contribution in [2.75, 3.05) is 62.4 Å². The summed E-state index contributed by atoms with van der Waals surface area (Å²) in [5, 5.41) is 10.3. The molecule has 3 aromatic rings. The maximum atomic E-state index is 15.1. The van der Waals surface area contributed by atoms with Gasteiger partial charge in [-0.15, -0.1) is 0 Å². The summed E-state index contributed by atoms with van der Waals surface area (Å²) < 4.78 is 38.0. The Bertz CT molecular complexity index is 5250. The zero-order chi connectivity index (χ0) is 93.0. The molecular formula is C100H138N10O16Si. The number of unbranched alkanes of at least 4 members (excludes halogenated alkanes) is 7. The Morgan fingerprint density at radius 3 is 1.54 bits per heavy atom. The van der Waals surface area contributed by atoms with Gasteiger partial charge in [-0.25, -0.2) is 9.97 Å². The van der Waals surface area contributed by atoms with Gasteiger partial charge in [0.2, 0.25) is 11.8 Å². The Morgan fingerprint density at radius 1 is 0.512 bits per heavy atom. The largest absolute Gasteiger partial charge is 0.469 e. The molecule has 3 aromatic heterocycles. The van der Waals surface area contributed by atoms with Crippen LogP contribution < -0.4 is 16.0 Å². The van der Waals surface area contributed by atoms with Crippen LogP contribution >= 0.6 is 0 Å². The lowest BCUT2D eigenvalue weighted by Crippen LogP contribution is -2.55. The molecule has 127 heavy (non-hydrogen) atoms. The predicted molar refractivity (Wildman–Crippen MR) is 502 cm³/mol. The Labute approximate surface area is 750 Å². The highest BCUT2D eigenvalue weighted by atomic mass is 28.3. The van der Waals surface area contributed by atoms with Crippen molar-refractivity contribution < 1.29 is 76.3 Å². The van der Waals surface area contributed by atoms with E-state index in [1.807, 2.05) is 72.8 Å². The zero-order valence-corrected chi connectivity index (χ0v) is 80.2. The molecule has 1 fully saturated rings. The van der Waals surface area contributed by atoms with E-state index >= 15 is 4.79 Å². The number of rotatable bonds is 40. The first kappa shape index (κ1) is 98.7. The highest BCUT2D eigenvalue weighted by Crippen LogP contribution is 2.63. The molecule has 1 unspecified atom stereocenters. The molecule has 26 nitrogen and oxygen atoms in total. The smallest absolute Gasteiger partial charge is 0.306 e. The molecule has 1 saturated heterocycles. The molecule has 0 saturated carbocycles. The second kappa shape index (κ2) is 41.8. The average molecular weight is 1760 g/mol. The highest BCUT2D eigenvalue weighted by molar-refractivity contribution is 6.76. The van der Waals surface area contributed by atoms with Crippen LogP contribution in [0.5, 0.6) is 0 Å². The van der Waals surface area contributed by atoms with E-state index in [0.717, 1.165) is 135 Å². The summed E-state index contributed by atoms with van der Waals surface area (Å²) in [6, 6.07) is 8.20. The van der Waals surface area contributed by atoms with Gasteiger partial charge in [-0.2, -0.15) is 0 Å². The Hall–Kier alpha value is -10.4. The van der Waals surface area contributed by atoms with Gasteiger partial charge in [0, 0.05) is 179 Å². The van der Waals surface area contributed by atoms with Gasteiger partial charge >= 0.3 is 41.8 Å². The minimum atomic E-state index is -1.42. The number of aryl methyl sites for hydroxylation is 2. The number of hydrogen-bond donors (Lipinski definition) is 5. The van der Waals surface area contributed by atoms with Gasteiger partial charge in [0.05, 0.1) is 96.5 Å². The second-order valence-electron chi connectivity index (χ2n) is 38.2. The van der Waals surface area contributed by atoms with E-state index < -0.39 is 101 Å². The quantitative estimate of drug-likeness (QED) is 0.0153. The molecule has 7 aliphatic heterocycles. The molecule has 0 aliphatic carbocycles. The van der Waals surface area contributed by atoms with Crippen molar-refractivity contribution in [3.63, 3.8) is 0 Å². The number of aromatic nitrogens is 4. The molecule has 7 aliphatic rings. The molecule has 10 rings (SSSR count). The maximum Gasteiger partial charge on any atom is 0.306 e. The fourth-order valence-corrected chi connectivity index (χ4v) is 21.2. The number of carbonyl (C=O) groups is 9. The lowest BCUT2D eigenvalue weighted by Gasteiger charge is -2.48. The van der Waals surface area contributed by atoms with Crippen LogP contribution in [0.1, 0.15) is 262 Å². The van der Waals surface area contributed by atoms with Crippen LogP contribution in [0.3, 0.4) is 0 Å². The summed E-state index contributed by atoms with van der Waals surface area (Å²) in [5.74, 6) is -5.88. The van der Waals surface area contributed by atoms with Crippen LogP contribution in [0.15, 0.2) is 86.7 Å². The van der Waals surface area contributed by atoms with Gasteiger partial charge < -0.3 is 59.1 Å². The first-order valence-corrected chi connectivity index (χ1v) is 49.0. The topological polar surface area (TPSA) is 349 Å². The number of ether oxygens (including phenoxy) is 7. The molecule has 0 spiro atoms. The third-order valence-electron chi connectivity index (χ3n) is 28.7. The molecule has 10 heterocycles. The van der Waals surface area contributed by atoms with Crippen molar-refractivity contribution in [2.45, 2.75) is 268 Å². The molecule has 0 radical (unpaired) electrons. The van der Waals surface area contributed by atoms with Crippen molar-refractivity contribution in [1.29, 1.82) is 0 Å². The third-order valence-corrected chi connectivity index (χ3v) is 30.4. The summed E-state index contributed by atoms with van der Waals surface area (Å²) in [4.78, 5) is 160. The summed E-state index contributed by atoms with van der Waals surface area (Å²) in [5.41, 5.74) is 13.7. The number of methoxy groups -OCH3 is 6. The molecule has 688 valence electrons. The predicted octanol–water partition coefficient (Wildman–Crippen LogP) is 18.3. The number of carbonyl (C=O) groups excluding carboxylic acids is 9. The fraction of sp³-hybridized carbons (Fsp3) is 0.580. The van der Waals surface area contributed by atoms with Gasteiger partial charge in [0.15, 0.2) is 0 Å². The van der Waals surface area contributed by atoms with Crippen molar-refractivity contribution in [3.8, 4) is 0 Å². The van der Waals surface area contributed by atoms with Crippen LogP contribution in [0.4, 0.5) is 0 Å². The number of H-pyrrole nitrogens is 2. The Kier molecular flexibility index (Phi) is 32.5. The minimum absolute atomic E-state index is 0.00883. The number of amides is 2. The standard InChI is InChI=1S/C100H138N10O16Si/c1-24-64-58(3)72-51-73-60(5)66(78(105-73)54-79-67(35-40-88(117)126-48-49-127(21,22)23)61(6)75(106-79)53-77-65(25-2)59(4)74(104-77)52-76(64)103-72)34-39-82(111)101-46-32-30-28-26-27-29-31-33-47-102-83(112)56-98(12)68(36-41-84(113)120-15)80-55-81-96(9,10)69(37-42-85(114)121-16)91(108-81)62(7)93-97(11,45-44-87(116)123-18)71(50-89(118)124-19)95(109-93)100(14)99(13,57-90(119)125-20)70(38-43-86(115)122-17)92(110-100)63(8)94(98)107-80/h24-25,51-55,68-71,95,103-104,107H,1-2,26-50,56-57H2,3-23H3,(H,101,111)(H,102,112)/b72-51?,73-51?,74-52?,75-53?,76-52?,77-53?,78-54?,79-54?,80-55?,91-62?,94-63-/t68-,69-,70-,71+,95?,97-,98+,99+,100+/m1/s1. The summed E-state index contributed by atoms with van der Waals surface area (Å²) in [6.07, 6.45) is 14.7. The van der Waals surface area contributed by atoms with E-state index in [1.54, 1.807) is 0 Å². The van der Waals surface area contributed by atoms with E-state index in [9.17, 15) is 38.4 Å². The SMILES string of the molecule is C=Cc1c(C)c2cc3[nH]c(cc4nc(cc5nc(cc1[nH]2)C(C)=C5CCC(=O)OCC[Si](C)(C)C)C(CCC(=O)NCCCCCCCCCCNC(=O)C[C@]1(C)/C2=C(\C)C5=N[C@@](C)(C6N=C(C(C)=C7N=C(C=C(N2)[C@H]1CCC(=O)OC)C(C)(C)[C@@H]7CCC(=O)OC)[C@](C)(CCC(=O)OC)[C@H]6CC(=O)OC)[C@@](C)(CC(=O)OC)[C@@H]5CCC(=O)OC)=C4C)c(C)c3C=C. The van der Waals surface area contributed by atoms with Gasteiger partial charge in [-0.1, -0.05) is 118 Å². The molecule has 9 atom stereocenters. The van der Waals surface area contributed by atoms with Gasteiger partial charge in [-0.05, 0) is 181 Å². The zero-order valence-electron chi connectivity index (χ0n) is 79.2. The molecule has 27 heteroatoms. The number of nitrogens with zero attached hydrogens (tertiary/aromatic N) is 5. The summed E-state index contributed by atoms with van der Waals surface area (Å²) >= 11 is 0. The van der Waals surface area contributed by atoms with E-state index in [0.29, 0.717) is 95.7 Å². The summed E-state index contributed by atoms with van der Waals surface area (Å²) in [6.45, 7) is 40.7. The second-order valence-corrected chi connectivity index (χ2v) is 43.8. The lowest BCUT2D eigenvalue weighted by atomic mass is 9.55. The van der Waals surface area contributed by atoms with Crippen LogP contribution in [0.25, 0.3) is 56.5 Å². The molecule has 0 aromatic carbocycles. The lowest BCUT2D eigenvalue weighted by molar-refractivity contribution is -0.147.